The van der Waals surface area contributed by atoms with Gasteiger partial charge in [0, 0.05) is 18.4 Å². The lowest BCUT2D eigenvalue weighted by Crippen LogP contribution is -2.22. The summed E-state index contributed by atoms with van der Waals surface area (Å²) in [5.74, 6) is 0.462. The van der Waals surface area contributed by atoms with Gasteiger partial charge in [-0.1, -0.05) is 13.3 Å². The number of nitro benzene ring substituents is 1. The SMILES string of the molecule is CC1CCCC1Nc1ccc(S(C)(=O)=O)cc1[N+](=O)[O-]. The van der Waals surface area contributed by atoms with E-state index in [9.17, 15) is 18.5 Å². The van der Waals surface area contributed by atoms with Crippen molar-refractivity contribution in [3.05, 3.63) is 28.3 Å². The van der Waals surface area contributed by atoms with Gasteiger partial charge in [0.15, 0.2) is 9.84 Å². The number of benzene rings is 1. The number of hydrogen-bond acceptors (Lipinski definition) is 5. The van der Waals surface area contributed by atoms with Crippen LogP contribution in [0, 0.1) is 16.0 Å². The average Bonchev–Trinajstić information content (AvgIpc) is 2.74. The fourth-order valence-electron chi connectivity index (χ4n) is 2.57. The van der Waals surface area contributed by atoms with Gasteiger partial charge in [0.1, 0.15) is 5.69 Å². The first-order valence-corrected chi connectivity index (χ1v) is 8.43. The maximum Gasteiger partial charge on any atom is 0.293 e. The molecule has 0 aliphatic heterocycles. The van der Waals surface area contributed by atoms with Crippen LogP contribution >= 0.6 is 0 Å². The van der Waals surface area contributed by atoms with Crippen LogP contribution in [0.5, 0.6) is 0 Å². The maximum absolute atomic E-state index is 11.5. The molecule has 1 aliphatic rings. The Morgan fingerprint density at radius 1 is 1.35 bits per heavy atom. The Bertz CT molecular complexity index is 627. The minimum Gasteiger partial charge on any atom is -0.376 e. The topological polar surface area (TPSA) is 89.3 Å². The molecule has 0 aromatic heterocycles. The summed E-state index contributed by atoms with van der Waals surface area (Å²) in [6, 6.07) is 4.22. The standard InChI is InChI=1S/C13H18N2O4S/c1-9-4-3-5-11(9)14-12-7-6-10(20(2,18)19)8-13(12)15(16)17/h6-9,11,14H,3-5H2,1-2H3. The summed E-state index contributed by atoms with van der Waals surface area (Å²) in [5.41, 5.74) is 0.202. The van der Waals surface area contributed by atoms with Gasteiger partial charge in [0.2, 0.25) is 0 Å². The van der Waals surface area contributed by atoms with Crippen molar-refractivity contribution in [2.45, 2.75) is 37.1 Å². The first-order valence-electron chi connectivity index (χ1n) is 6.54. The van der Waals surface area contributed by atoms with Crippen LogP contribution in [0.2, 0.25) is 0 Å². The summed E-state index contributed by atoms with van der Waals surface area (Å²) in [7, 11) is -3.45. The molecule has 110 valence electrons. The largest absolute Gasteiger partial charge is 0.376 e. The third kappa shape index (κ3) is 3.09. The minimum atomic E-state index is -3.45. The van der Waals surface area contributed by atoms with Crippen molar-refractivity contribution in [3.8, 4) is 0 Å². The van der Waals surface area contributed by atoms with Crippen LogP contribution in [0.25, 0.3) is 0 Å². The summed E-state index contributed by atoms with van der Waals surface area (Å²) in [5, 5.41) is 14.3. The predicted octanol–water partition coefficient (Wildman–Crippen LogP) is 2.60. The Balaban J connectivity index is 2.35. The molecule has 1 saturated carbocycles. The molecule has 0 heterocycles. The molecule has 20 heavy (non-hydrogen) atoms. The summed E-state index contributed by atoms with van der Waals surface area (Å²) < 4.78 is 22.9. The monoisotopic (exact) mass is 298 g/mol. The lowest BCUT2D eigenvalue weighted by Gasteiger charge is -2.18. The van der Waals surface area contributed by atoms with Crippen molar-refractivity contribution in [2.24, 2.45) is 5.92 Å². The highest BCUT2D eigenvalue weighted by atomic mass is 32.2. The molecule has 0 bridgehead atoms. The molecule has 2 atom stereocenters. The van der Waals surface area contributed by atoms with Crippen LogP contribution < -0.4 is 5.32 Å². The van der Waals surface area contributed by atoms with Crippen molar-refractivity contribution >= 4 is 21.2 Å². The Morgan fingerprint density at radius 2 is 2.05 bits per heavy atom. The number of nitrogens with one attached hydrogen (secondary N) is 1. The fourth-order valence-corrected chi connectivity index (χ4v) is 3.22. The van der Waals surface area contributed by atoms with Crippen molar-refractivity contribution in [2.75, 3.05) is 11.6 Å². The molecule has 0 saturated heterocycles. The van der Waals surface area contributed by atoms with Gasteiger partial charge in [-0.25, -0.2) is 8.42 Å². The van der Waals surface area contributed by atoms with Gasteiger partial charge >= 0.3 is 0 Å². The Labute approximate surface area is 118 Å². The molecule has 0 radical (unpaired) electrons. The molecule has 1 aromatic rings. The van der Waals surface area contributed by atoms with Gasteiger partial charge in [-0.3, -0.25) is 10.1 Å². The van der Waals surface area contributed by atoms with Crippen LogP contribution in [0.4, 0.5) is 11.4 Å². The van der Waals surface area contributed by atoms with E-state index in [0.717, 1.165) is 31.6 Å². The summed E-state index contributed by atoms with van der Waals surface area (Å²) in [6.07, 6.45) is 4.23. The van der Waals surface area contributed by atoms with Gasteiger partial charge in [-0.05, 0) is 30.9 Å². The summed E-state index contributed by atoms with van der Waals surface area (Å²) >= 11 is 0. The molecule has 2 rings (SSSR count). The average molecular weight is 298 g/mol. The number of sulfone groups is 1. The van der Waals surface area contributed by atoms with Gasteiger partial charge < -0.3 is 5.32 Å². The maximum atomic E-state index is 11.5. The van der Waals surface area contributed by atoms with Gasteiger partial charge in [0.25, 0.3) is 5.69 Å². The molecule has 1 N–H and O–H groups in total. The van der Waals surface area contributed by atoms with Crippen LogP contribution in [0.1, 0.15) is 26.2 Å². The van der Waals surface area contributed by atoms with E-state index >= 15 is 0 Å². The van der Waals surface area contributed by atoms with Crippen LogP contribution in [-0.4, -0.2) is 25.6 Å². The molecule has 6 nitrogen and oxygen atoms in total. The number of nitro groups is 1. The molecular formula is C13H18N2O4S. The van der Waals surface area contributed by atoms with Crippen molar-refractivity contribution in [3.63, 3.8) is 0 Å². The molecule has 0 spiro atoms. The van der Waals surface area contributed by atoms with E-state index in [1.54, 1.807) is 0 Å². The Morgan fingerprint density at radius 3 is 2.55 bits per heavy atom. The zero-order chi connectivity index (χ0) is 14.9. The molecule has 2 unspecified atom stereocenters. The highest BCUT2D eigenvalue weighted by Gasteiger charge is 2.26. The molecule has 1 aromatic carbocycles. The molecule has 0 amide bonds. The van der Waals surface area contributed by atoms with Crippen molar-refractivity contribution in [1.82, 2.24) is 0 Å². The minimum absolute atomic E-state index is 0.0331. The Kier molecular flexibility index (Phi) is 3.99. The lowest BCUT2D eigenvalue weighted by atomic mass is 10.1. The third-order valence-electron chi connectivity index (χ3n) is 3.80. The van der Waals surface area contributed by atoms with E-state index in [1.807, 2.05) is 0 Å². The highest BCUT2D eigenvalue weighted by molar-refractivity contribution is 7.90. The van der Waals surface area contributed by atoms with E-state index in [1.165, 1.54) is 12.1 Å². The van der Waals surface area contributed by atoms with E-state index in [4.69, 9.17) is 0 Å². The second-order valence-electron chi connectivity index (χ2n) is 5.37. The van der Waals surface area contributed by atoms with Crippen molar-refractivity contribution in [1.29, 1.82) is 0 Å². The van der Waals surface area contributed by atoms with Crippen LogP contribution in [0.3, 0.4) is 0 Å². The van der Waals surface area contributed by atoms with Crippen LogP contribution in [0.15, 0.2) is 23.1 Å². The number of hydrogen-bond donors (Lipinski definition) is 1. The van der Waals surface area contributed by atoms with E-state index in [2.05, 4.69) is 12.2 Å². The first kappa shape index (κ1) is 14.8. The van der Waals surface area contributed by atoms with Crippen LogP contribution in [-0.2, 0) is 9.84 Å². The second-order valence-corrected chi connectivity index (χ2v) is 7.38. The number of anilines is 1. The Hall–Kier alpha value is -1.63. The summed E-state index contributed by atoms with van der Waals surface area (Å²) in [6.45, 7) is 2.11. The van der Waals surface area contributed by atoms with E-state index < -0.39 is 14.8 Å². The number of rotatable bonds is 4. The predicted molar refractivity (Wildman–Crippen MR) is 76.6 cm³/mol. The molecule has 7 heteroatoms. The highest BCUT2D eigenvalue weighted by Crippen LogP contribution is 2.33. The van der Waals surface area contributed by atoms with Crippen molar-refractivity contribution < 1.29 is 13.3 Å². The van der Waals surface area contributed by atoms with Gasteiger partial charge in [-0.15, -0.1) is 0 Å². The number of nitrogens with zero attached hydrogens (tertiary/aromatic N) is 1. The quantitative estimate of drug-likeness (QED) is 0.681. The summed E-state index contributed by atoms with van der Waals surface area (Å²) in [4.78, 5) is 10.5. The zero-order valence-electron chi connectivity index (χ0n) is 11.5. The molecular weight excluding hydrogens is 280 g/mol. The smallest absolute Gasteiger partial charge is 0.293 e. The first-order chi connectivity index (χ1) is 9.29. The fraction of sp³-hybridized carbons (Fsp3) is 0.538. The van der Waals surface area contributed by atoms with E-state index in [0.29, 0.717) is 11.6 Å². The molecule has 1 aliphatic carbocycles. The van der Waals surface area contributed by atoms with Gasteiger partial charge in [-0.2, -0.15) is 0 Å². The van der Waals surface area contributed by atoms with Gasteiger partial charge in [0.05, 0.1) is 9.82 Å². The third-order valence-corrected chi connectivity index (χ3v) is 4.91. The molecule has 1 fully saturated rings. The lowest BCUT2D eigenvalue weighted by molar-refractivity contribution is -0.384. The zero-order valence-corrected chi connectivity index (χ0v) is 12.3. The second kappa shape index (κ2) is 5.40. The normalized spacial score (nSPS) is 22.7. The van der Waals surface area contributed by atoms with E-state index in [-0.39, 0.29) is 16.6 Å².